The van der Waals surface area contributed by atoms with E-state index in [9.17, 15) is 18.0 Å². The second-order valence-electron chi connectivity index (χ2n) is 10.3. The minimum Gasteiger partial charge on any atom is -0.352 e. The summed E-state index contributed by atoms with van der Waals surface area (Å²) in [5.41, 5.74) is 3.27. The summed E-state index contributed by atoms with van der Waals surface area (Å²) in [6, 6.07) is 15.9. The number of aryl methyl sites for hydroxylation is 3. The van der Waals surface area contributed by atoms with Gasteiger partial charge in [0.2, 0.25) is 11.8 Å². The molecule has 0 heterocycles. The lowest BCUT2D eigenvalue weighted by molar-refractivity contribution is -0.139. The summed E-state index contributed by atoms with van der Waals surface area (Å²) >= 11 is 12.9. The first-order valence-electron chi connectivity index (χ1n) is 13.5. The summed E-state index contributed by atoms with van der Waals surface area (Å²) in [7, 11) is -4.16. The van der Waals surface area contributed by atoms with Gasteiger partial charge in [-0.25, -0.2) is 8.42 Å². The summed E-state index contributed by atoms with van der Waals surface area (Å²) in [5, 5.41) is 3.59. The highest BCUT2D eigenvalue weighted by Gasteiger charge is 2.34. The zero-order chi connectivity index (χ0) is 30.5. The average Bonchev–Trinajstić information content (AvgIpc) is 2.92. The number of nitrogens with zero attached hydrogens (tertiary/aromatic N) is 2. The van der Waals surface area contributed by atoms with E-state index in [4.69, 9.17) is 23.2 Å². The summed E-state index contributed by atoms with van der Waals surface area (Å²) in [6.45, 7) is 10.3. The number of amides is 2. The van der Waals surface area contributed by atoms with Crippen molar-refractivity contribution in [3.63, 3.8) is 0 Å². The zero-order valence-electron chi connectivity index (χ0n) is 24.2. The molecule has 2 amide bonds. The van der Waals surface area contributed by atoms with Crippen molar-refractivity contribution in [3.05, 3.63) is 93.0 Å². The number of hydrogen-bond acceptors (Lipinski definition) is 4. The molecule has 0 spiro atoms. The molecule has 2 atom stereocenters. The van der Waals surface area contributed by atoms with Gasteiger partial charge in [-0.1, -0.05) is 66.0 Å². The molecule has 2 unspecified atom stereocenters. The predicted octanol–water partition coefficient (Wildman–Crippen LogP) is 6.45. The molecule has 0 saturated heterocycles. The third kappa shape index (κ3) is 7.82. The molecule has 10 heteroatoms. The van der Waals surface area contributed by atoms with Gasteiger partial charge in [0.05, 0.1) is 10.6 Å². The molecule has 0 aliphatic carbocycles. The fourth-order valence-electron chi connectivity index (χ4n) is 4.24. The van der Waals surface area contributed by atoms with E-state index >= 15 is 0 Å². The Balaban J connectivity index is 2.11. The number of hydrogen-bond donors (Lipinski definition) is 1. The van der Waals surface area contributed by atoms with Crippen LogP contribution in [0.15, 0.2) is 65.6 Å². The van der Waals surface area contributed by atoms with Crippen molar-refractivity contribution < 1.29 is 18.0 Å². The Morgan fingerprint density at radius 2 is 1.49 bits per heavy atom. The standard InChI is InChI=1S/C31H37Cl2N3O4S/c1-7-23(5)34-31(38)24(6)35(18-26-27(32)9-8-10-28(26)33)30(37)19-36(29-17-21(3)11-14-22(29)4)41(39,40)25-15-12-20(2)13-16-25/h8-17,23-24H,7,18-19H2,1-6H3,(H,34,38). The van der Waals surface area contributed by atoms with Crippen LogP contribution in [0, 0.1) is 20.8 Å². The van der Waals surface area contributed by atoms with Crippen LogP contribution in [-0.4, -0.2) is 43.8 Å². The number of rotatable bonds is 11. The monoisotopic (exact) mass is 617 g/mol. The van der Waals surface area contributed by atoms with Crippen LogP contribution >= 0.6 is 23.2 Å². The van der Waals surface area contributed by atoms with Crippen LogP contribution < -0.4 is 9.62 Å². The second-order valence-corrected chi connectivity index (χ2v) is 13.0. The summed E-state index contributed by atoms with van der Waals surface area (Å²) in [4.78, 5) is 28.7. The first-order valence-corrected chi connectivity index (χ1v) is 15.6. The first-order chi connectivity index (χ1) is 19.3. The van der Waals surface area contributed by atoms with Gasteiger partial charge in [-0.2, -0.15) is 0 Å². The normalized spacial score (nSPS) is 12.9. The number of anilines is 1. The molecule has 0 saturated carbocycles. The Bertz CT molecular complexity index is 1490. The molecule has 0 aliphatic rings. The molecule has 3 rings (SSSR count). The van der Waals surface area contributed by atoms with E-state index < -0.39 is 28.5 Å². The lowest BCUT2D eigenvalue weighted by atomic mass is 10.1. The third-order valence-corrected chi connectivity index (χ3v) is 9.56. The van der Waals surface area contributed by atoms with Crippen molar-refractivity contribution in [2.75, 3.05) is 10.8 Å². The van der Waals surface area contributed by atoms with Gasteiger partial charge in [-0.3, -0.25) is 13.9 Å². The molecule has 0 radical (unpaired) electrons. The number of benzene rings is 3. The van der Waals surface area contributed by atoms with E-state index in [1.165, 1.54) is 17.0 Å². The molecule has 0 aliphatic heterocycles. The van der Waals surface area contributed by atoms with Crippen LogP contribution in [0.3, 0.4) is 0 Å². The Kier molecular flexibility index (Phi) is 10.9. The molecule has 0 aromatic heterocycles. The van der Waals surface area contributed by atoms with Crippen molar-refractivity contribution in [2.45, 2.75) is 71.5 Å². The average molecular weight is 619 g/mol. The van der Waals surface area contributed by atoms with E-state index in [1.807, 2.05) is 39.8 Å². The van der Waals surface area contributed by atoms with Crippen LogP contribution in [0.5, 0.6) is 0 Å². The smallest absolute Gasteiger partial charge is 0.264 e. The minimum atomic E-state index is -4.16. The van der Waals surface area contributed by atoms with E-state index in [-0.39, 0.29) is 23.4 Å². The fourth-order valence-corrected chi connectivity index (χ4v) is 6.23. The Hall–Kier alpha value is -3.07. The number of nitrogens with one attached hydrogen (secondary N) is 1. The van der Waals surface area contributed by atoms with Gasteiger partial charge < -0.3 is 10.2 Å². The number of carbonyl (C=O) groups is 2. The molecular weight excluding hydrogens is 581 g/mol. The largest absolute Gasteiger partial charge is 0.352 e. The van der Waals surface area contributed by atoms with Gasteiger partial charge in [-0.05, 0) is 82.5 Å². The first kappa shape index (κ1) is 32.4. The fraction of sp³-hybridized carbons (Fsp3) is 0.355. The minimum absolute atomic E-state index is 0.0556. The molecule has 1 N–H and O–H groups in total. The van der Waals surface area contributed by atoms with Gasteiger partial charge in [-0.15, -0.1) is 0 Å². The summed E-state index contributed by atoms with van der Waals surface area (Å²) in [5.74, 6) is -0.945. The molecule has 220 valence electrons. The lowest BCUT2D eigenvalue weighted by Gasteiger charge is -2.33. The van der Waals surface area contributed by atoms with Crippen molar-refractivity contribution in [2.24, 2.45) is 0 Å². The third-order valence-electron chi connectivity index (χ3n) is 7.08. The highest BCUT2D eigenvalue weighted by molar-refractivity contribution is 7.92. The maximum absolute atomic E-state index is 14.1. The molecule has 0 fully saturated rings. The van der Waals surface area contributed by atoms with E-state index in [1.54, 1.807) is 50.2 Å². The molecule has 3 aromatic carbocycles. The van der Waals surface area contributed by atoms with Crippen molar-refractivity contribution >= 4 is 50.7 Å². The lowest BCUT2D eigenvalue weighted by Crippen LogP contribution is -2.52. The molecular formula is C31H37Cl2N3O4S. The summed E-state index contributed by atoms with van der Waals surface area (Å²) < 4.78 is 29.2. The topological polar surface area (TPSA) is 86.8 Å². The maximum atomic E-state index is 14.1. The highest BCUT2D eigenvalue weighted by atomic mass is 35.5. The molecule has 3 aromatic rings. The number of halogens is 2. The van der Waals surface area contributed by atoms with Gasteiger partial charge in [0.15, 0.2) is 0 Å². The van der Waals surface area contributed by atoms with Crippen LogP contribution in [0.25, 0.3) is 0 Å². The maximum Gasteiger partial charge on any atom is 0.264 e. The SMILES string of the molecule is CCC(C)NC(=O)C(C)N(Cc1c(Cl)cccc1Cl)C(=O)CN(c1cc(C)ccc1C)S(=O)(=O)c1ccc(C)cc1. The van der Waals surface area contributed by atoms with Crippen LogP contribution in [0.2, 0.25) is 10.0 Å². The number of carbonyl (C=O) groups excluding carboxylic acids is 2. The predicted molar refractivity (Wildman–Crippen MR) is 166 cm³/mol. The molecule has 7 nitrogen and oxygen atoms in total. The molecule has 0 bridgehead atoms. The Morgan fingerprint density at radius 3 is 2.07 bits per heavy atom. The zero-order valence-corrected chi connectivity index (χ0v) is 26.6. The number of sulfonamides is 1. The summed E-state index contributed by atoms with van der Waals surface area (Å²) in [6.07, 6.45) is 0.706. The van der Waals surface area contributed by atoms with Gasteiger partial charge in [0.1, 0.15) is 12.6 Å². The molecule has 41 heavy (non-hydrogen) atoms. The Labute approximate surface area is 253 Å². The highest BCUT2D eigenvalue weighted by Crippen LogP contribution is 2.30. The van der Waals surface area contributed by atoms with Crippen molar-refractivity contribution in [3.8, 4) is 0 Å². The van der Waals surface area contributed by atoms with Crippen LogP contribution in [0.4, 0.5) is 5.69 Å². The van der Waals surface area contributed by atoms with E-state index in [0.29, 0.717) is 33.3 Å². The van der Waals surface area contributed by atoms with Crippen LogP contribution in [-0.2, 0) is 26.2 Å². The van der Waals surface area contributed by atoms with Gasteiger partial charge in [0.25, 0.3) is 10.0 Å². The van der Waals surface area contributed by atoms with E-state index in [2.05, 4.69) is 5.32 Å². The second kappa shape index (κ2) is 13.7. The Morgan fingerprint density at radius 1 is 0.902 bits per heavy atom. The quantitative estimate of drug-likeness (QED) is 0.268. The van der Waals surface area contributed by atoms with Crippen molar-refractivity contribution in [1.29, 1.82) is 0 Å². The van der Waals surface area contributed by atoms with Gasteiger partial charge in [0, 0.05) is 28.2 Å². The van der Waals surface area contributed by atoms with Gasteiger partial charge >= 0.3 is 0 Å². The van der Waals surface area contributed by atoms with E-state index in [0.717, 1.165) is 15.4 Å². The van der Waals surface area contributed by atoms with Crippen LogP contribution in [0.1, 0.15) is 49.4 Å². The van der Waals surface area contributed by atoms with Crippen molar-refractivity contribution in [1.82, 2.24) is 10.2 Å².